The van der Waals surface area contributed by atoms with E-state index >= 15 is 0 Å². The highest BCUT2D eigenvalue weighted by Gasteiger charge is 2.34. The number of hydrogen-bond donors (Lipinski definition) is 1. The molecule has 0 heterocycles. The van der Waals surface area contributed by atoms with Crippen LogP contribution in [-0.4, -0.2) is 31.1 Å². The SMILES string of the molecule is CNC(CN(CC1CC1)C1CC1)c1ccccc1F. The van der Waals surface area contributed by atoms with Gasteiger partial charge in [-0.2, -0.15) is 0 Å². The average molecular weight is 262 g/mol. The molecule has 0 amide bonds. The fourth-order valence-corrected chi connectivity index (χ4v) is 2.78. The highest BCUT2D eigenvalue weighted by Crippen LogP contribution is 2.35. The number of benzene rings is 1. The monoisotopic (exact) mass is 262 g/mol. The molecule has 3 heteroatoms. The van der Waals surface area contributed by atoms with E-state index in [1.54, 1.807) is 12.1 Å². The minimum atomic E-state index is -0.0935. The van der Waals surface area contributed by atoms with Crippen LogP contribution in [0, 0.1) is 11.7 Å². The van der Waals surface area contributed by atoms with E-state index in [9.17, 15) is 4.39 Å². The second-order valence-corrected chi connectivity index (χ2v) is 5.99. The summed E-state index contributed by atoms with van der Waals surface area (Å²) in [6.07, 6.45) is 5.40. The Morgan fingerprint density at radius 3 is 2.58 bits per heavy atom. The molecule has 2 aliphatic carbocycles. The van der Waals surface area contributed by atoms with Crippen molar-refractivity contribution in [1.29, 1.82) is 0 Å². The van der Waals surface area contributed by atoms with Gasteiger partial charge >= 0.3 is 0 Å². The first-order valence-corrected chi connectivity index (χ1v) is 7.43. The third-order valence-corrected chi connectivity index (χ3v) is 4.30. The second-order valence-electron chi connectivity index (χ2n) is 5.99. The minimum Gasteiger partial charge on any atom is -0.312 e. The Morgan fingerprint density at radius 1 is 1.26 bits per heavy atom. The van der Waals surface area contributed by atoms with Crippen LogP contribution >= 0.6 is 0 Å². The number of hydrogen-bond acceptors (Lipinski definition) is 2. The maximum atomic E-state index is 13.9. The van der Waals surface area contributed by atoms with Gasteiger partial charge in [0.15, 0.2) is 0 Å². The number of likely N-dealkylation sites (N-methyl/N-ethyl adjacent to an activating group) is 1. The van der Waals surface area contributed by atoms with Gasteiger partial charge in [-0.1, -0.05) is 18.2 Å². The van der Waals surface area contributed by atoms with Gasteiger partial charge < -0.3 is 5.32 Å². The normalized spacial score (nSPS) is 20.8. The highest BCUT2D eigenvalue weighted by atomic mass is 19.1. The highest BCUT2D eigenvalue weighted by molar-refractivity contribution is 5.21. The first-order chi connectivity index (χ1) is 9.28. The summed E-state index contributed by atoms with van der Waals surface area (Å²) in [4.78, 5) is 2.57. The Labute approximate surface area is 115 Å². The fraction of sp³-hybridized carbons (Fsp3) is 0.625. The van der Waals surface area contributed by atoms with Gasteiger partial charge in [0.05, 0.1) is 0 Å². The lowest BCUT2D eigenvalue weighted by molar-refractivity contribution is 0.226. The van der Waals surface area contributed by atoms with Gasteiger partial charge in [-0.15, -0.1) is 0 Å². The van der Waals surface area contributed by atoms with Crippen molar-refractivity contribution in [2.45, 2.75) is 37.8 Å². The van der Waals surface area contributed by atoms with Crippen molar-refractivity contribution < 1.29 is 4.39 Å². The molecule has 1 atom stereocenters. The summed E-state index contributed by atoms with van der Waals surface area (Å²) in [7, 11) is 1.93. The van der Waals surface area contributed by atoms with Crippen molar-refractivity contribution in [3.8, 4) is 0 Å². The Kier molecular flexibility index (Phi) is 3.85. The molecule has 0 bridgehead atoms. The predicted molar refractivity (Wildman–Crippen MR) is 75.5 cm³/mol. The van der Waals surface area contributed by atoms with E-state index in [1.807, 2.05) is 19.2 Å². The minimum absolute atomic E-state index is 0.0935. The lowest BCUT2D eigenvalue weighted by Crippen LogP contribution is -2.37. The second kappa shape index (κ2) is 5.59. The molecule has 2 saturated carbocycles. The lowest BCUT2D eigenvalue weighted by Gasteiger charge is -2.28. The molecule has 1 aromatic rings. The fourth-order valence-electron chi connectivity index (χ4n) is 2.78. The third-order valence-electron chi connectivity index (χ3n) is 4.30. The van der Waals surface area contributed by atoms with Crippen LogP contribution in [-0.2, 0) is 0 Å². The zero-order valence-electron chi connectivity index (χ0n) is 11.6. The Morgan fingerprint density at radius 2 is 2.00 bits per heavy atom. The van der Waals surface area contributed by atoms with Crippen molar-refractivity contribution in [1.82, 2.24) is 10.2 Å². The number of rotatable bonds is 7. The van der Waals surface area contributed by atoms with Crippen LogP contribution in [0.1, 0.15) is 37.3 Å². The molecule has 1 aromatic carbocycles. The first kappa shape index (κ1) is 13.1. The molecule has 2 nitrogen and oxygen atoms in total. The van der Waals surface area contributed by atoms with Crippen molar-refractivity contribution in [2.24, 2.45) is 5.92 Å². The maximum absolute atomic E-state index is 13.9. The van der Waals surface area contributed by atoms with Crippen LogP contribution in [0.3, 0.4) is 0 Å². The molecule has 1 unspecified atom stereocenters. The molecular weight excluding hydrogens is 239 g/mol. The van der Waals surface area contributed by atoms with Gasteiger partial charge in [0.1, 0.15) is 5.82 Å². The summed E-state index contributed by atoms with van der Waals surface area (Å²) in [5, 5.41) is 3.28. The summed E-state index contributed by atoms with van der Waals surface area (Å²) in [5.74, 6) is 0.808. The summed E-state index contributed by atoms with van der Waals surface area (Å²) in [6.45, 7) is 2.13. The standard InChI is InChI=1S/C16H23FN2/c1-18-16(14-4-2-3-5-15(14)17)11-19(13-8-9-13)10-12-6-7-12/h2-5,12-13,16,18H,6-11H2,1H3. The van der Waals surface area contributed by atoms with Crippen molar-refractivity contribution in [2.75, 3.05) is 20.1 Å². The molecule has 19 heavy (non-hydrogen) atoms. The van der Waals surface area contributed by atoms with E-state index in [1.165, 1.54) is 32.2 Å². The number of halogens is 1. The van der Waals surface area contributed by atoms with E-state index in [-0.39, 0.29) is 11.9 Å². The molecule has 0 aliphatic heterocycles. The van der Waals surface area contributed by atoms with E-state index in [0.717, 1.165) is 24.1 Å². The van der Waals surface area contributed by atoms with Gasteiger partial charge in [-0.05, 0) is 44.7 Å². The van der Waals surface area contributed by atoms with Crippen molar-refractivity contribution >= 4 is 0 Å². The number of nitrogens with zero attached hydrogens (tertiary/aromatic N) is 1. The largest absolute Gasteiger partial charge is 0.312 e. The van der Waals surface area contributed by atoms with Crippen LogP contribution in [0.2, 0.25) is 0 Å². The zero-order valence-corrected chi connectivity index (χ0v) is 11.6. The molecule has 2 fully saturated rings. The smallest absolute Gasteiger partial charge is 0.128 e. The molecule has 1 N–H and O–H groups in total. The third kappa shape index (κ3) is 3.34. The van der Waals surface area contributed by atoms with E-state index < -0.39 is 0 Å². The quantitative estimate of drug-likeness (QED) is 0.812. The van der Waals surface area contributed by atoms with Gasteiger partial charge in [0, 0.05) is 30.7 Å². The van der Waals surface area contributed by atoms with E-state index in [4.69, 9.17) is 0 Å². The predicted octanol–water partition coefficient (Wildman–Crippen LogP) is 2.96. The van der Waals surface area contributed by atoms with Gasteiger partial charge in [-0.25, -0.2) is 4.39 Å². The molecule has 0 radical (unpaired) electrons. The summed E-state index contributed by atoms with van der Waals surface area (Å²) < 4.78 is 13.9. The van der Waals surface area contributed by atoms with Crippen LogP contribution in [0.5, 0.6) is 0 Å². The molecule has 3 rings (SSSR count). The van der Waals surface area contributed by atoms with Crippen molar-refractivity contribution in [3.63, 3.8) is 0 Å². The van der Waals surface area contributed by atoms with Gasteiger partial charge in [0.2, 0.25) is 0 Å². The lowest BCUT2D eigenvalue weighted by atomic mass is 10.1. The Balaban J connectivity index is 1.68. The summed E-state index contributed by atoms with van der Waals surface area (Å²) in [6, 6.07) is 7.99. The Hall–Kier alpha value is -0.930. The zero-order chi connectivity index (χ0) is 13.2. The first-order valence-electron chi connectivity index (χ1n) is 7.43. The van der Waals surface area contributed by atoms with Crippen LogP contribution < -0.4 is 5.32 Å². The topological polar surface area (TPSA) is 15.3 Å². The van der Waals surface area contributed by atoms with E-state index in [0.29, 0.717) is 0 Å². The molecule has 0 aromatic heterocycles. The maximum Gasteiger partial charge on any atom is 0.128 e. The molecule has 0 saturated heterocycles. The molecule has 0 spiro atoms. The van der Waals surface area contributed by atoms with Crippen LogP contribution in [0.15, 0.2) is 24.3 Å². The van der Waals surface area contributed by atoms with Crippen LogP contribution in [0.4, 0.5) is 4.39 Å². The molecular formula is C16H23FN2. The Bertz CT molecular complexity index is 427. The van der Waals surface area contributed by atoms with E-state index in [2.05, 4.69) is 10.2 Å². The molecule has 2 aliphatic rings. The number of nitrogens with one attached hydrogen (secondary N) is 1. The van der Waals surface area contributed by atoms with Gasteiger partial charge in [-0.3, -0.25) is 4.90 Å². The summed E-state index contributed by atoms with van der Waals surface area (Å²) >= 11 is 0. The van der Waals surface area contributed by atoms with Gasteiger partial charge in [0.25, 0.3) is 0 Å². The van der Waals surface area contributed by atoms with Crippen LogP contribution in [0.25, 0.3) is 0 Å². The van der Waals surface area contributed by atoms with Crippen molar-refractivity contribution in [3.05, 3.63) is 35.6 Å². The average Bonchev–Trinajstić information content (AvgIpc) is 3.28. The molecule has 104 valence electrons. The summed E-state index contributed by atoms with van der Waals surface area (Å²) in [5.41, 5.74) is 0.798.